The van der Waals surface area contributed by atoms with Crippen molar-refractivity contribution in [2.24, 2.45) is 0 Å². The van der Waals surface area contributed by atoms with E-state index in [1.165, 1.54) is 57.8 Å². The minimum absolute atomic E-state index is 0.218. The monoisotopic (exact) mass is 698 g/mol. The molecule has 0 amide bonds. The maximum absolute atomic E-state index is 12.6. The minimum Gasteiger partial charge on any atom is -0.462 e. The summed E-state index contributed by atoms with van der Waals surface area (Å²) in [4.78, 5) is 24.9. The summed E-state index contributed by atoms with van der Waals surface area (Å²) in [6, 6.07) is 0. The van der Waals surface area contributed by atoms with E-state index >= 15 is 0 Å². The van der Waals surface area contributed by atoms with E-state index in [4.69, 9.17) is 18.9 Å². The maximum Gasteiger partial charge on any atom is 0.306 e. The van der Waals surface area contributed by atoms with Gasteiger partial charge in [-0.05, 0) is 44.9 Å². The molecule has 0 aromatic carbocycles. The second-order valence-corrected chi connectivity index (χ2v) is 13.4. The first-order valence-corrected chi connectivity index (χ1v) is 19.4. The third-order valence-electron chi connectivity index (χ3n) is 8.84. The largest absolute Gasteiger partial charge is 0.462 e. The predicted molar refractivity (Wildman–Crippen MR) is 192 cm³/mol. The molecule has 49 heavy (non-hydrogen) atoms. The van der Waals surface area contributed by atoms with Crippen LogP contribution < -0.4 is 0 Å². The van der Waals surface area contributed by atoms with Crippen molar-refractivity contribution < 1.29 is 49.0 Å². The lowest BCUT2D eigenvalue weighted by Gasteiger charge is -2.39. The van der Waals surface area contributed by atoms with Crippen LogP contribution in [0.2, 0.25) is 0 Å². The van der Waals surface area contributed by atoms with Crippen LogP contribution in [0.25, 0.3) is 0 Å². The van der Waals surface area contributed by atoms with E-state index in [2.05, 4.69) is 38.2 Å². The number of hydrogen-bond donors (Lipinski definition) is 4. The maximum atomic E-state index is 12.6. The molecule has 1 saturated heterocycles. The molecule has 0 radical (unpaired) electrons. The second-order valence-electron chi connectivity index (χ2n) is 13.4. The zero-order valence-corrected chi connectivity index (χ0v) is 30.7. The number of unbranched alkanes of at least 4 members (excludes halogenated alkanes) is 16. The Bertz CT molecular complexity index is 861. The third-order valence-corrected chi connectivity index (χ3v) is 8.84. The molecule has 1 aliphatic rings. The van der Waals surface area contributed by atoms with Gasteiger partial charge in [-0.2, -0.15) is 0 Å². The fourth-order valence-electron chi connectivity index (χ4n) is 5.69. The van der Waals surface area contributed by atoms with Crippen LogP contribution in [0, 0.1) is 0 Å². The smallest absolute Gasteiger partial charge is 0.306 e. The fourth-order valence-corrected chi connectivity index (χ4v) is 5.69. The molecule has 6 unspecified atom stereocenters. The Labute approximate surface area is 296 Å². The van der Waals surface area contributed by atoms with Gasteiger partial charge < -0.3 is 39.4 Å². The molecule has 0 saturated carbocycles. The highest BCUT2D eigenvalue weighted by Gasteiger charge is 2.44. The number of allylic oxidation sites excluding steroid dienone is 4. The van der Waals surface area contributed by atoms with Crippen LogP contribution in [0.1, 0.15) is 155 Å². The van der Waals surface area contributed by atoms with Crippen molar-refractivity contribution in [2.45, 2.75) is 192 Å². The van der Waals surface area contributed by atoms with Gasteiger partial charge in [0.05, 0.1) is 13.2 Å². The van der Waals surface area contributed by atoms with Crippen LogP contribution >= 0.6 is 0 Å². The molecule has 10 heteroatoms. The van der Waals surface area contributed by atoms with E-state index in [0.717, 1.165) is 64.2 Å². The van der Waals surface area contributed by atoms with Crippen molar-refractivity contribution in [3.05, 3.63) is 24.3 Å². The Morgan fingerprint density at radius 2 is 1.14 bits per heavy atom. The summed E-state index contributed by atoms with van der Waals surface area (Å²) in [6.07, 6.45) is 23.8. The summed E-state index contributed by atoms with van der Waals surface area (Å²) >= 11 is 0. The highest BCUT2D eigenvalue weighted by molar-refractivity contribution is 5.70. The summed E-state index contributed by atoms with van der Waals surface area (Å²) in [7, 11) is 0. The predicted octanol–water partition coefficient (Wildman–Crippen LogP) is 6.99. The molecule has 286 valence electrons. The molecule has 0 aromatic heterocycles. The lowest BCUT2D eigenvalue weighted by atomic mass is 9.99. The van der Waals surface area contributed by atoms with Gasteiger partial charge in [-0.15, -0.1) is 0 Å². The number of aliphatic hydroxyl groups excluding tert-OH is 4. The number of esters is 2. The second kappa shape index (κ2) is 31.0. The van der Waals surface area contributed by atoms with Crippen LogP contribution in [0.5, 0.6) is 0 Å². The molecule has 1 aliphatic heterocycles. The first kappa shape index (κ1) is 45.2. The SMILES string of the molecule is CCCCC/C=C\C/C=C\CCCCCCCCCCCC(=O)OC(COC(=O)CCCCCCC)COC1OC(CO)C(O)C(O)C1O. The van der Waals surface area contributed by atoms with E-state index in [9.17, 15) is 30.0 Å². The third kappa shape index (κ3) is 23.3. The van der Waals surface area contributed by atoms with Crippen LogP contribution in [0.3, 0.4) is 0 Å². The topological polar surface area (TPSA) is 152 Å². The minimum atomic E-state index is -1.59. The van der Waals surface area contributed by atoms with Crippen molar-refractivity contribution in [3.8, 4) is 0 Å². The van der Waals surface area contributed by atoms with Crippen LogP contribution in [0.4, 0.5) is 0 Å². The Kier molecular flexibility index (Phi) is 28.6. The Morgan fingerprint density at radius 1 is 0.633 bits per heavy atom. The van der Waals surface area contributed by atoms with Gasteiger partial charge in [-0.25, -0.2) is 0 Å². The number of carbonyl (C=O) groups is 2. The molecule has 0 spiro atoms. The van der Waals surface area contributed by atoms with Crippen LogP contribution in [-0.4, -0.2) is 89.0 Å². The number of hydrogen-bond acceptors (Lipinski definition) is 10. The fraction of sp³-hybridized carbons (Fsp3) is 0.846. The summed E-state index contributed by atoms with van der Waals surface area (Å²) < 4.78 is 21.9. The molecule has 0 bridgehead atoms. The van der Waals surface area contributed by atoms with Crippen LogP contribution in [-0.2, 0) is 28.5 Å². The Morgan fingerprint density at radius 3 is 1.73 bits per heavy atom. The molecular formula is C39H70O10. The summed E-state index contributed by atoms with van der Waals surface area (Å²) in [5, 5.41) is 39.8. The van der Waals surface area contributed by atoms with Gasteiger partial charge in [-0.1, -0.05) is 122 Å². The molecule has 4 N–H and O–H groups in total. The van der Waals surface area contributed by atoms with E-state index in [1.807, 2.05) is 0 Å². The van der Waals surface area contributed by atoms with Gasteiger partial charge in [0.15, 0.2) is 12.4 Å². The Balaban J connectivity index is 2.29. The average Bonchev–Trinajstić information content (AvgIpc) is 3.10. The van der Waals surface area contributed by atoms with Crippen molar-refractivity contribution >= 4 is 11.9 Å². The molecule has 0 aliphatic carbocycles. The summed E-state index contributed by atoms with van der Waals surface area (Å²) in [5.41, 5.74) is 0. The van der Waals surface area contributed by atoms with Crippen molar-refractivity contribution in [3.63, 3.8) is 0 Å². The lowest BCUT2D eigenvalue weighted by molar-refractivity contribution is -0.305. The zero-order valence-electron chi connectivity index (χ0n) is 30.7. The quantitative estimate of drug-likeness (QED) is 0.0339. The number of carbonyl (C=O) groups excluding carboxylic acids is 2. The first-order chi connectivity index (χ1) is 23.8. The van der Waals surface area contributed by atoms with Crippen molar-refractivity contribution in [2.75, 3.05) is 19.8 Å². The highest BCUT2D eigenvalue weighted by Crippen LogP contribution is 2.22. The van der Waals surface area contributed by atoms with Gasteiger partial charge in [0.2, 0.25) is 0 Å². The molecule has 6 atom stereocenters. The van der Waals surface area contributed by atoms with Gasteiger partial charge in [0.1, 0.15) is 31.0 Å². The van der Waals surface area contributed by atoms with E-state index in [0.29, 0.717) is 6.42 Å². The number of ether oxygens (including phenoxy) is 4. The highest BCUT2D eigenvalue weighted by atomic mass is 16.7. The molecular weight excluding hydrogens is 628 g/mol. The van der Waals surface area contributed by atoms with E-state index < -0.39 is 55.4 Å². The normalized spacial score (nSPS) is 21.8. The van der Waals surface area contributed by atoms with Gasteiger partial charge in [0.25, 0.3) is 0 Å². The average molecular weight is 699 g/mol. The van der Waals surface area contributed by atoms with E-state index in [-0.39, 0.29) is 26.1 Å². The number of aliphatic hydroxyl groups is 4. The van der Waals surface area contributed by atoms with Crippen LogP contribution in [0.15, 0.2) is 24.3 Å². The van der Waals surface area contributed by atoms with E-state index in [1.54, 1.807) is 0 Å². The van der Waals surface area contributed by atoms with Gasteiger partial charge in [-0.3, -0.25) is 9.59 Å². The molecule has 0 aromatic rings. The molecule has 1 fully saturated rings. The molecule has 1 rings (SSSR count). The first-order valence-electron chi connectivity index (χ1n) is 19.4. The summed E-state index contributed by atoms with van der Waals surface area (Å²) in [5.74, 6) is -0.825. The van der Waals surface area contributed by atoms with Crippen molar-refractivity contribution in [1.82, 2.24) is 0 Å². The summed E-state index contributed by atoms with van der Waals surface area (Å²) in [6.45, 7) is 3.28. The standard InChI is InChI=1S/C39H70O10/c1-3-5-7-9-10-11-12-13-14-15-16-17-18-19-20-21-22-24-26-28-35(42)48-32(30-46-34(41)27-25-23-8-6-4-2)31-47-39-38(45)37(44)36(43)33(29-40)49-39/h10-11,13-14,32-33,36-40,43-45H,3-9,12,15-31H2,1-2H3/b11-10-,14-13-. The lowest BCUT2D eigenvalue weighted by Crippen LogP contribution is -2.59. The Hall–Kier alpha value is -1.82. The van der Waals surface area contributed by atoms with Gasteiger partial charge >= 0.3 is 11.9 Å². The number of rotatable bonds is 31. The zero-order chi connectivity index (χ0) is 36.0. The molecule has 1 heterocycles. The van der Waals surface area contributed by atoms with Gasteiger partial charge in [0, 0.05) is 12.8 Å². The molecule has 10 nitrogen and oxygen atoms in total. The van der Waals surface area contributed by atoms with Crippen molar-refractivity contribution in [1.29, 1.82) is 0 Å².